The van der Waals surface area contributed by atoms with Gasteiger partial charge in [0.1, 0.15) is 0 Å². The number of nitrogens with one attached hydrogen (secondary N) is 2. The second kappa shape index (κ2) is 6.72. The molecule has 0 aromatic carbocycles. The number of hydrogen-bond donors (Lipinski definition) is 2. The van der Waals surface area contributed by atoms with Gasteiger partial charge in [0.15, 0.2) is 11.3 Å². The van der Waals surface area contributed by atoms with Crippen LogP contribution in [0.5, 0.6) is 0 Å². The molecule has 1 heterocycles. The predicted octanol–water partition coefficient (Wildman–Crippen LogP) is 3.86. The minimum Gasteiger partial charge on any atom is -0.321 e. The fourth-order valence-corrected chi connectivity index (χ4v) is 5.18. The normalized spacial score (nSPS) is 27.1. The molecule has 0 unspecified atom stereocenters. The Hall–Kier alpha value is -1.61. The summed E-state index contributed by atoms with van der Waals surface area (Å²) in [6.07, 6.45) is 12.5. The maximum atomic E-state index is 12.4. The Morgan fingerprint density at radius 3 is 2.54 bits per heavy atom. The number of thiazole rings is 1. The third kappa shape index (κ3) is 3.27. The van der Waals surface area contributed by atoms with Gasteiger partial charge in [0.2, 0.25) is 5.91 Å². The lowest BCUT2D eigenvalue weighted by atomic mass is 9.80. The van der Waals surface area contributed by atoms with E-state index >= 15 is 0 Å². The third-order valence-electron chi connectivity index (χ3n) is 5.63. The van der Waals surface area contributed by atoms with Crippen LogP contribution in [0.3, 0.4) is 0 Å². The van der Waals surface area contributed by atoms with Crippen LogP contribution in [0.15, 0.2) is 0 Å². The molecule has 6 heteroatoms. The fourth-order valence-electron chi connectivity index (χ4n) is 3.95. The van der Waals surface area contributed by atoms with Gasteiger partial charge in [-0.05, 0) is 44.4 Å². The summed E-state index contributed by atoms with van der Waals surface area (Å²) < 4.78 is 0. The molecule has 0 saturated heterocycles. The third-order valence-corrected chi connectivity index (χ3v) is 6.78. The molecule has 3 saturated carbocycles. The summed E-state index contributed by atoms with van der Waals surface area (Å²) in [5.74, 6) is 1.38. The summed E-state index contributed by atoms with van der Waals surface area (Å²) in [6.45, 7) is 0. The zero-order chi connectivity index (χ0) is 16.5. The Morgan fingerprint density at radius 1 is 1.12 bits per heavy atom. The summed E-state index contributed by atoms with van der Waals surface area (Å²) in [5.41, 5.74) is 1.28. The first kappa shape index (κ1) is 15.9. The van der Waals surface area contributed by atoms with Gasteiger partial charge in [-0.15, -0.1) is 11.3 Å². The van der Waals surface area contributed by atoms with Crippen molar-refractivity contribution < 1.29 is 4.79 Å². The van der Waals surface area contributed by atoms with E-state index in [9.17, 15) is 4.79 Å². The Labute approximate surface area is 146 Å². The molecule has 1 aromatic rings. The van der Waals surface area contributed by atoms with Crippen LogP contribution in [0.4, 0.5) is 5.13 Å². The number of amides is 1. The predicted molar refractivity (Wildman–Crippen MR) is 93.8 cm³/mol. The first-order valence-electron chi connectivity index (χ1n) is 9.20. The molecule has 3 aliphatic rings. The Balaban J connectivity index is 1.42. The van der Waals surface area contributed by atoms with E-state index in [1.54, 1.807) is 11.3 Å². The van der Waals surface area contributed by atoms with E-state index in [-0.39, 0.29) is 17.9 Å². The second-order valence-corrected chi connectivity index (χ2v) is 8.52. The minimum absolute atomic E-state index is 0.0160. The number of nitrogens with zero attached hydrogens (tertiary/aromatic N) is 2. The van der Waals surface area contributed by atoms with Crippen molar-refractivity contribution in [2.24, 2.45) is 5.92 Å². The number of anilines is 1. The van der Waals surface area contributed by atoms with Crippen LogP contribution in [0.25, 0.3) is 0 Å². The molecule has 5 nitrogen and oxygen atoms in total. The second-order valence-electron chi connectivity index (χ2n) is 7.49. The first-order valence-corrected chi connectivity index (χ1v) is 10.0. The number of hydrogen-bond acceptors (Lipinski definition) is 5. The zero-order valence-electron chi connectivity index (χ0n) is 13.9. The van der Waals surface area contributed by atoms with Crippen LogP contribution >= 0.6 is 11.3 Å². The molecule has 24 heavy (non-hydrogen) atoms. The van der Waals surface area contributed by atoms with Crippen molar-refractivity contribution in [3.63, 3.8) is 0 Å². The smallest absolute Gasteiger partial charge is 0.229 e. The topological polar surface area (TPSA) is 77.8 Å². The lowest BCUT2D eigenvalue weighted by Crippen LogP contribution is -2.44. The van der Waals surface area contributed by atoms with Crippen LogP contribution in [0.1, 0.15) is 80.2 Å². The van der Waals surface area contributed by atoms with Crippen molar-refractivity contribution in [2.75, 3.05) is 5.32 Å². The number of carbonyl (C=O) groups excluding carboxylic acids is 1. The summed E-state index contributed by atoms with van der Waals surface area (Å²) in [6, 6.07) is 0.168. The molecular weight excluding hydrogens is 320 g/mol. The molecule has 2 N–H and O–H groups in total. The Bertz CT molecular complexity index is 648. The standard InChI is InChI=1S/C18H24N4OS/c19-10-20-14-8-13(9-14)17(23)22-18-21-15(11-6-7-11)16(24-18)12-4-2-1-3-5-12/h11-14,20H,1-9H2,(H,21,22,23)/t13-,14-. The van der Waals surface area contributed by atoms with Gasteiger partial charge in [-0.25, -0.2) is 4.98 Å². The molecule has 0 spiro atoms. The molecule has 128 valence electrons. The van der Waals surface area contributed by atoms with Crippen molar-refractivity contribution in [3.05, 3.63) is 10.6 Å². The van der Waals surface area contributed by atoms with Crippen LogP contribution in [0, 0.1) is 17.4 Å². The van der Waals surface area contributed by atoms with Gasteiger partial charge in [0, 0.05) is 22.8 Å². The Morgan fingerprint density at radius 2 is 1.88 bits per heavy atom. The van der Waals surface area contributed by atoms with E-state index in [4.69, 9.17) is 10.2 Å². The highest BCUT2D eigenvalue weighted by Gasteiger charge is 2.36. The molecule has 0 radical (unpaired) electrons. The van der Waals surface area contributed by atoms with Gasteiger partial charge < -0.3 is 10.6 Å². The van der Waals surface area contributed by atoms with Gasteiger partial charge in [-0.3, -0.25) is 4.79 Å². The molecule has 3 fully saturated rings. The van der Waals surface area contributed by atoms with E-state index in [1.807, 2.05) is 6.19 Å². The highest BCUT2D eigenvalue weighted by molar-refractivity contribution is 7.16. The first-order chi connectivity index (χ1) is 11.7. The van der Waals surface area contributed by atoms with Crippen LogP contribution in [-0.2, 0) is 4.79 Å². The molecule has 0 bridgehead atoms. The lowest BCUT2D eigenvalue weighted by molar-refractivity contribution is -0.122. The van der Waals surface area contributed by atoms with Crippen LogP contribution < -0.4 is 10.6 Å². The van der Waals surface area contributed by atoms with E-state index in [1.165, 1.54) is 55.5 Å². The van der Waals surface area contributed by atoms with Crippen LogP contribution in [-0.4, -0.2) is 16.9 Å². The van der Waals surface area contributed by atoms with Gasteiger partial charge in [-0.2, -0.15) is 5.26 Å². The van der Waals surface area contributed by atoms with Crippen molar-refractivity contribution >= 4 is 22.4 Å². The van der Waals surface area contributed by atoms with Crippen LogP contribution in [0.2, 0.25) is 0 Å². The quantitative estimate of drug-likeness (QED) is 0.628. The van der Waals surface area contributed by atoms with Crippen molar-refractivity contribution in [2.45, 2.75) is 75.7 Å². The van der Waals surface area contributed by atoms with Gasteiger partial charge >= 0.3 is 0 Å². The molecule has 3 aliphatic carbocycles. The highest BCUT2D eigenvalue weighted by Crippen LogP contribution is 2.48. The molecule has 1 amide bonds. The van der Waals surface area contributed by atoms with E-state index in [0.29, 0.717) is 11.8 Å². The number of nitriles is 1. The van der Waals surface area contributed by atoms with Crippen molar-refractivity contribution in [1.29, 1.82) is 5.26 Å². The molecule has 1 aromatic heterocycles. The van der Waals surface area contributed by atoms with Crippen molar-refractivity contribution in [1.82, 2.24) is 10.3 Å². The highest BCUT2D eigenvalue weighted by atomic mass is 32.1. The lowest BCUT2D eigenvalue weighted by Gasteiger charge is -2.32. The maximum absolute atomic E-state index is 12.4. The summed E-state index contributed by atoms with van der Waals surface area (Å²) in [4.78, 5) is 18.6. The monoisotopic (exact) mass is 344 g/mol. The number of carbonyl (C=O) groups is 1. The summed E-state index contributed by atoms with van der Waals surface area (Å²) in [5, 5.41) is 15.2. The average Bonchev–Trinajstić information content (AvgIpc) is 3.32. The molecular formula is C18H24N4OS. The SMILES string of the molecule is N#CN[C@H]1C[C@H](C(=O)Nc2nc(C3CC3)c(C3CCCCC3)s2)C1. The number of rotatable bonds is 5. The van der Waals surface area contributed by atoms with Gasteiger partial charge in [-0.1, -0.05) is 19.3 Å². The largest absolute Gasteiger partial charge is 0.321 e. The summed E-state index contributed by atoms with van der Waals surface area (Å²) in [7, 11) is 0. The van der Waals surface area contributed by atoms with Gasteiger partial charge in [0.25, 0.3) is 0 Å². The van der Waals surface area contributed by atoms with Gasteiger partial charge in [0.05, 0.1) is 5.69 Å². The fraction of sp³-hybridized carbons (Fsp3) is 0.722. The van der Waals surface area contributed by atoms with E-state index in [2.05, 4.69) is 10.6 Å². The average molecular weight is 344 g/mol. The Kier molecular flexibility index (Phi) is 4.45. The summed E-state index contributed by atoms with van der Waals surface area (Å²) >= 11 is 1.71. The van der Waals surface area contributed by atoms with E-state index in [0.717, 1.165) is 18.0 Å². The molecule has 0 aliphatic heterocycles. The van der Waals surface area contributed by atoms with Crippen molar-refractivity contribution in [3.8, 4) is 6.19 Å². The molecule has 0 atom stereocenters. The molecule has 4 rings (SSSR count). The maximum Gasteiger partial charge on any atom is 0.229 e. The van der Waals surface area contributed by atoms with E-state index < -0.39 is 0 Å². The zero-order valence-corrected chi connectivity index (χ0v) is 14.7. The minimum atomic E-state index is 0.0160. The number of aromatic nitrogens is 1.